The maximum atomic E-state index is 12.1. The number of carbonyl (C=O) groups excluding carboxylic acids is 1. The number of nitrogens with zero attached hydrogens (tertiary/aromatic N) is 1. The van der Waals surface area contributed by atoms with Gasteiger partial charge in [0.2, 0.25) is 5.91 Å². The van der Waals surface area contributed by atoms with Gasteiger partial charge in [-0.3, -0.25) is 4.79 Å². The number of hydrogen-bond donors (Lipinski definition) is 3. The van der Waals surface area contributed by atoms with Crippen LogP contribution in [-0.2, 0) is 4.79 Å². The summed E-state index contributed by atoms with van der Waals surface area (Å²) in [5.41, 5.74) is 5.53. The van der Waals surface area contributed by atoms with Crippen molar-refractivity contribution in [3.05, 3.63) is 0 Å². The molecule has 1 fully saturated rings. The highest BCUT2D eigenvalue weighted by molar-refractivity contribution is 6.02. The van der Waals surface area contributed by atoms with Crippen LogP contribution in [0.1, 0.15) is 52.4 Å². The minimum Gasteiger partial charge on any atom is -0.409 e. The number of amidine groups is 1. The third-order valence-corrected chi connectivity index (χ3v) is 3.80. The molecule has 0 aromatic carbocycles. The lowest BCUT2D eigenvalue weighted by atomic mass is 10.0. The van der Waals surface area contributed by atoms with Gasteiger partial charge in [-0.05, 0) is 31.6 Å². The van der Waals surface area contributed by atoms with Gasteiger partial charge in [0, 0.05) is 6.04 Å². The quantitative estimate of drug-likeness (QED) is 0.235. The van der Waals surface area contributed by atoms with Crippen molar-refractivity contribution in [1.29, 1.82) is 0 Å². The van der Waals surface area contributed by atoms with Crippen LogP contribution in [0.4, 0.5) is 0 Å². The molecule has 0 heterocycles. The Labute approximate surface area is 109 Å². The molecular formula is C13H25N3O2. The first-order valence-electron chi connectivity index (χ1n) is 6.86. The molecule has 1 saturated carbocycles. The molecule has 0 aromatic rings. The van der Waals surface area contributed by atoms with Gasteiger partial charge in [0.05, 0.1) is 5.92 Å². The molecule has 1 aliphatic carbocycles. The summed E-state index contributed by atoms with van der Waals surface area (Å²) in [6.45, 7) is 4.12. The number of nitrogens with one attached hydrogen (secondary N) is 1. The van der Waals surface area contributed by atoms with E-state index in [1.165, 1.54) is 6.42 Å². The van der Waals surface area contributed by atoms with Crippen molar-refractivity contribution in [1.82, 2.24) is 5.32 Å². The Bertz CT molecular complexity index is 305. The fourth-order valence-corrected chi connectivity index (χ4v) is 2.53. The number of hydrogen-bond acceptors (Lipinski definition) is 3. The van der Waals surface area contributed by atoms with E-state index in [1.54, 1.807) is 0 Å². The fourth-order valence-electron chi connectivity index (χ4n) is 2.53. The van der Waals surface area contributed by atoms with Crippen LogP contribution >= 0.6 is 0 Å². The Morgan fingerprint density at radius 3 is 2.78 bits per heavy atom. The molecule has 1 amide bonds. The average Bonchev–Trinajstić information content (AvgIpc) is 2.55. The molecule has 0 bridgehead atoms. The largest absolute Gasteiger partial charge is 0.409 e. The topological polar surface area (TPSA) is 87.7 Å². The predicted molar refractivity (Wildman–Crippen MR) is 71.4 cm³/mol. The molecule has 18 heavy (non-hydrogen) atoms. The van der Waals surface area contributed by atoms with E-state index in [4.69, 9.17) is 10.9 Å². The number of nitrogens with two attached hydrogens (primary N) is 1. The summed E-state index contributed by atoms with van der Waals surface area (Å²) in [5, 5.41) is 14.6. The Balaban J connectivity index is 2.52. The minimum atomic E-state index is -0.518. The van der Waals surface area contributed by atoms with Gasteiger partial charge in [-0.1, -0.05) is 31.8 Å². The van der Waals surface area contributed by atoms with E-state index in [2.05, 4.69) is 17.4 Å². The van der Waals surface area contributed by atoms with E-state index >= 15 is 0 Å². The highest BCUT2D eigenvalue weighted by atomic mass is 16.4. The number of amides is 1. The fraction of sp³-hybridized carbons (Fsp3) is 0.846. The molecule has 1 rings (SSSR count). The summed E-state index contributed by atoms with van der Waals surface area (Å²) in [6, 6.07) is 0.239. The van der Waals surface area contributed by atoms with Crippen molar-refractivity contribution in [2.45, 2.75) is 58.4 Å². The Hall–Kier alpha value is -1.26. The lowest BCUT2D eigenvalue weighted by Crippen LogP contribution is -2.43. The van der Waals surface area contributed by atoms with Gasteiger partial charge in [-0.2, -0.15) is 0 Å². The molecule has 3 atom stereocenters. The molecule has 5 heteroatoms. The first-order chi connectivity index (χ1) is 8.58. The third-order valence-electron chi connectivity index (χ3n) is 3.80. The highest BCUT2D eigenvalue weighted by Gasteiger charge is 2.24. The van der Waals surface area contributed by atoms with E-state index in [-0.39, 0.29) is 17.8 Å². The van der Waals surface area contributed by atoms with E-state index in [0.717, 1.165) is 31.6 Å². The van der Waals surface area contributed by atoms with Crippen molar-refractivity contribution in [3.63, 3.8) is 0 Å². The summed E-state index contributed by atoms with van der Waals surface area (Å²) in [4.78, 5) is 12.1. The average molecular weight is 255 g/mol. The molecule has 3 unspecified atom stereocenters. The van der Waals surface area contributed by atoms with E-state index in [0.29, 0.717) is 6.42 Å². The van der Waals surface area contributed by atoms with Crippen molar-refractivity contribution in [3.8, 4) is 0 Å². The smallest absolute Gasteiger partial charge is 0.231 e. The van der Waals surface area contributed by atoms with Crippen LogP contribution in [0.2, 0.25) is 0 Å². The van der Waals surface area contributed by atoms with Gasteiger partial charge in [-0.25, -0.2) is 0 Å². The van der Waals surface area contributed by atoms with Crippen LogP contribution in [0.5, 0.6) is 0 Å². The first-order valence-corrected chi connectivity index (χ1v) is 6.86. The van der Waals surface area contributed by atoms with Crippen LogP contribution in [0.25, 0.3) is 0 Å². The summed E-state index contributed by atoms with van der Waals surface area (Å²) in [7, 11) is 0. The Morgan fingerprint density at radius 1 is 1.44 bits per heavy atom. The van der Waals surface area contributed by atoms with Gasteiger partial charge in [0.15, 0.2) is 5.84 Å². The second-order valence-corrected chi connectivity index (χ2v) is 5.30. The molecule has 0 radical (unpaired) electrons. The second-order valence-electron chi connectivity index (χ2n) is 5.30. The van der Waals surface area contributed by atoms with Crippen LogP contribution in [-0.4, -0.2) is 23.0 Å². The molecule has 1 aliphatic rings. The Kier molecular flexibility index (Phi) is 5.95. The first kappa shape index (κ1) is 14.8. The minimum absolute atomic E-state index is 0.00279. The van der Waals surface area contributed by atoms with Crippen LogP contribution in [0.15, 0.2) is 5.16 Å². The summed E-state index contributed by atoms with van der Waals surface area (Å²) < 4.78 is 0. The van der Waals surface area contributed by atoms with Crippen molar-refractivity contribution < 1.29 is 10.0 Å². The SMILES string of the molecule is CCC(C(=O)NC1CCCC(C)CC1)C(N)=NO. The Morgan fingerprint density at radius 2 is 2.17 bits per heavy atom. The number of oxime groups is 1. The summed E-state index contributed by atoms with van der Waals surface area (Å²) >= 11 is 0. The van der Waals surface area contributed by atoms with Crippen molar-refractivity contribution in [2.75, 3.05) is 0 Å². The molecule has 0 spiro atoms. The van der Waals surface area contributed by atoms with E-state index in [1.807, 2.05) is 6.92 Å². The molecule has 0 aromatic heterocycles. The second kappa shape index (κ2) is 7.24. The number of rotatable bonds is 4. The zero-order chi connectivity index (χ0) is 13.5. The molecule has 5 nitrogen and oxygen atoms in total. The normalized spacial score (nSPS) is 27.3. The predicted octanol–water partition coefficient (Wildman–Crippen LogP) is 1.84. The third kappa shape index (κ3) is 4.20. The lowest BCUT2D eigenvalue weighted by molar-refractivity contribution is -0.124. The molecule has 0 saturated heterocycles. The standard InChI is InChI=1S/C13H25N3O2/c1-3-11(12(14)16-18)13(17)15-10-6-4-5-9(2)7-8-10/h9-11,18H,3-8H2,1-2H3,(H2,14,16)(H,15,17). The monoisotopic (exact) mass is 255 g/mol. The molecule has 0 aliphatic heterocycles. The zero-order valence-electron chi connectivity index (χ0n) is 11.4. The summed E-state index contributed by atoms with van der Waals surface area (Å²) in [5.74, 6) is 0.109. The van der Waals surface area contributed by atoms with Crippen LogP contribution in [0.3, 0.4) is 0 Å². The van der Waals surface area contributed by atoms with Gasteiger partial charge >= 0.3 is 0 Å². The van der Waals surface area contributed by atoms with Gasteiger partial charge in [0.1, 0.15) is 0 Å². The molecular weight excluding hydrogens is 230 g/mol. The van der Waals surface area contributed by atoms with Gasteiger partial charge in [0.25, 0.3) is 0 Å². The van der Waals surface area contributed by atoms with Gasteiger partial charge in [-0.15, -0.1) is 0 Å². The van der Waals surface area contributed by atoms with E-state index in [9.17, 15) is 4.79 Å². The van der Waals surface area contributed by atoms with Crippen molar-refractivity contribution >= 4 is 11.7 Å². The summed E-state index contributed by atoms with van der Waals surface area (Å²) in [6.07, 6.45) is 6.16. The molecule has 4 N–H and O–H groups in total. The van der Waals surface area contributed by atoms with Crippen LogP contribution < -0.4 is 11.1 Å². The lowest BCUT2D eigenvalue weighted by Gasteiger charge is -2.20. The van der Waals surface area contributed by atoms with Gasteiger partial charge < -0.3 is 16.3 Å². The van der Waals surface area contributed by atoms with Crippen LogP contribution in [0, 0.1) is 11.8 Å². The maximum absolute atomic E-state index is 12.1. The zero-order valence-corrected chi connectivity index (χ0v) is 11.4. The van der Waals surface area contributed by atoms with E-state index < -0.39 is 5.92 Å². The number of carbonyl (C=O) groups is 1. The maximum Gasteiger partial charge on any atom is 0.231 e. The van der Waals surface area contributed by atoms with Crippen molar-refractivity contribution in [2.24, 2.45) is 22.7 Å². The highest BCUT2D eigenvalue weighted by Crippen LogP contribution is 2.22. The molecule has 104 valence electrons.